The van der Waals surface area contributed by atoms with Crippen molar-refractivity contribution in [2.24, 2.45) is 0 Å². The van der Waals surface area contributed by atoms with Gasteiger partial charge < -0.3 is 9.84 Å². The Morgan fingerprint density at radius 1 is 1.60 bits per heavy atom. The van der Waals surface area contributed by atoms with Crippen LogP contribution < -0.4 is 0 Å². The van der Waals surface area contributed by atoms with Crippen LogP contribution in [0.25, 0.3) is 0 Å². The van der Waals surface area contributed by atoms with Crippen LogP contribution in [-0.4, -0.2) is 42.9 Å². The van der Waals surface area contributed by atoms with E-state index in [4.69, 9.17) is 9.84 Å². The Bertz CT molecular complexity index is 276. The number of aliphatic hydroxyl groups excluding tert-OH is 1. The Balaban J connectivity index is 1.87. The van der Waals surface area contributed by atoms with Crippen LogP contribution in [0.4, 0.5) is 0 Å². The van der Waals surface area contributed by atoms with Crippen molar-refractivity contribution in [2.75, 3.05) is 32.8 Å². The summed E-state index contributed by atoms with van der Waals surface area (Å²) in [4.78, 5) is 3.67. The highest BCUT2D eigenvalue weighted by Crippen LogP contribution is 2.25. The van der Waals surface area contributed by atoms with Gasteiger partial charge in [0.15, 0.2) is 0 Å². The van der Waals surface area contributed by atoms with Crippen LogP contribution in [0.5, 0.6) is 0 Å². The van der Waals surface area contributed by atoms with E-state index in [0.717, 1.165) is 32.7 Å². The highest BCUT2D eigenvalue weighted by Gasteiger charge is 2.21. The molecule has 0 aromatic carbocycles. The zero-order valence-corrected chi connectivity index (χ0v) is 9.58. The number of ether oxygens (including phenoxy) is 1. The van der Waals surface area contributed by atoms with Gasteiger partial charge in [0.05, 0.1) is 6.61 Å². The Kier molecular flexibility index (Phi) is 4.14. The third-order valence-corrected chi connectivity index (χ3v) is 3.61. The molecule has 2 rings (SSSR count). The Morgan fingerprint density at radius 3 is 3.27 bits per heavy atom. The van der Waals surface area contributed by atoms with Crippen LogP contribution in [0.2, 0.25) is 0 Å². The minimum Gasteiger partial charge on any atom is -0.396 e. The van der Waals surface area contributed by atoms with Crippen molar-refractivity contribution in [2.45, 2.75) is 12.5 Å². The molecule has 0 saturated carbocycles. The van der Waals surface area contributed by atoms with Crippen LogP contribution in [0.3, 0.4) is 0 Å². The molecule has 15 heavy (non-hydrogen) atoms. The van der Waals surface area contributed by atoms with Crippen molar-refractivity contribution in [3.05, 3.63) is 22.4 Å². The first-order chi connectivity index (χ1) is 7.40. The molecule has 1 N–H and O–H groups in total. The molecule has 1 fully saturated rings. The molecule has 1 aliphatic rings. The van der Waals surface area contributed by atoms with E-state index >= 15 is 0 Å². The van der Waals surface area contributed by atoms with Gasteiger partial charge in [-0.1, -0.05) is 6.07 Å². The van der Waals surface area contributed by atoms with Crippen molar-refractivity contribution >= 4 is 11.3 Å². The molecule has 0 bridgehead atoms. The summed E-state index contributed by atoms with van der Waals surface area (Å²) in [5, 5.41) is 10.9. The van der Waals surface area contributed by atoms with Gasteiger partial charge >= 0.3 is 0 Å². The van der Waals surface area contributed by atoms with Crippen LogP contribution in [0.15, 0.2) is 17.5 Å². The highest BCUT2D eigenvalue weighted by atomic mass is 32.1. The monoisotopic (exact) mass is 227 g/mol. The second-order valence-electron chi connectivity index (χ2n) is 3.75. The van der Waals surface area contributed by atoms with Gasteiger partial charge in [-0.2, -0.15) is 0 Å². The summed E-state index contributed by atoms with van der Waals surface area (Å²) < 4.78 is 5.74. The van der Waals surface area contributed by atoms with Gasteiger partial charge in [-0.3, -0.25) is 4.90 Å². The summed E-state index contributed by atoms with van der Waals surface area (Å²) in [6, 6.07) is 4.20. The van der Waals surface area contributed by atoms with E-state index < -0.39 is 0 Å². The standard InChI is InChI=1S/C11H17NO2S/c13-6-2-4-12-5-7-14-10(9-12)11-3-1-8-15-11/h1,3,8,10,13H,2,4-7,9H2. The average molecular weight is 227 g/mol. The van der Waals surface area contributed by atoms with Crippen LogP contribution in [-0.2, 0) is 4.74 Å². The first-order valence-corrected chi connectivity index (χ1v) is 6.26. The van der Waals surface area contributed by atoms with E-state index in [1.165, 1.54) is 4.88 Å². The van der Waals surface area contributed by atoms with Gasteiger partial charge in [0.1, 0.15) is 6.10 Å². The average Bonchev–Trinajstić information content (AvgIpc) is 2.80. The molecule has 1 aliphatic heterocycles. The SMILES string of the molecule is OCCCN1CCOC(c2cccs2)C1. The number of aliphatic hydroxyl groups is 1. The smallest absolute Gasteiger partial charge is 0.104 e. The number of rotatable bonds is 4. The third-order valence-electron chi connectivity index (χ3n) is 2.64. The quantitative estimate of drug-likeness (QED) is 0.846. The Morgan fingerprint density at radius 2 is 2.53 bits per heavy atom. The van der Waals surface area contributed by atoms with Gasteiger partial charge in [-0.25, -0.2) is 0 Å². The van der Waals surface area contributed by atoms with E-state index in [2.05, 4.69) is 22.4 Å². The molecule has 1 unspecified atom stereocenters. The fraction of sp³-hybridized carbons (Fsp3) is 0.636. The maximum absolute atomic E-state index is 8.79. The number of thiophene rings is 1. The summed E-state index contributed by atoms with van der Waals surface area (Å²) in [5.74, 6) is 0. The van der Waals surface area contributed by atoms with Crippen LogP contribution in [0, 0.1) is 0 Å². The number of hydrogen-bond acceptors (Lipinski definition) is 4. The highest BCUT2D eigenvalue weighted by molar-refractivity contribution is 7.10. The molecule has 0 amide bonds. The van der Waals surface area contributed by atoms with Crippen molar-refractivity contribution in [1.82, 2.24) is 4.90 Å². The molecule has 4 heteroatoms. The molecule has 1 aromatic rings. The first kappa shape index (κ1) is 11.1. The second-order valence-corrected chi connectivity index (χ2v) is 4.73. The summed E-state index contributed by atoms with van der Waals surface area (Å²) in [5.41, 5.74) is 0. The van der Waals surface area contributed by atoms with E-state index in [-0.39, 0.29) is 12.7 Å². The van der Waals surface area contributed by atoms with Crippen molar-refractivity contribution in [1.29, 1.82) is 0 Å². The molecule has 2 heterocycles. The van der Waals surface area contributed by atoms with Gasteiger partial charge in [0, 0.05) is 31.1 Å². The Labute approximate surface area is 94.3 Å². The molecule has 1 atom stereocenters. The fourth-order valence-corrected chi connectivity index (χ4v) is 2.61. The summed E-state index contributed by atoms with van der Waals surface area (Å²) >= 11 is 1.75. The minimum atomic E-state index is 0.234. The van der Waals surface area contributed by atoms with Crippen molar-refractivity contribution in [3.63, 3.8) is 0 Å². The van der Waals surface area contributed by atoms with E-state index in [1.807, 2.05) is 0 Å². The molecular weight excluding hydrogens is 210 g/mol. The van der Waals surface area contributed by atoms with E-state index in [1.54, 1.807) is 11.3 Å². The lowest BCUT2D eigenvalue weighted by Crippen LogP contribution is -2.38. The van der Waals surface area contributed by atoms with Crippen LogP contribution in [0.1, 0.15) is 17.4 Å². The summed E-state index contributed by atoms with van der Waals surface area (Å²) in [7, 11) is 0. The maximum atomic E-state index is 8.79. The largest absolute Gasteiger partial charge is 0.396 e. The molecule has 1 saturated heterocycles. The van der Waals surface area contributed by atoms with Crippen molar-refractivity contribution < 1.29 is 9.84 Å². The van der Waals surface area contributed by atoms with Gasteiger partial charge in [-0.15, -0.1) is 11.3 Å². The summed E-state index contributed by atoms with van der Waals surface area (Å²) in [6.07, 6.45) is 1.09. The number of hydrogen-bond donors (Lipinski definition) is 1. The van der Waals surface area contributed by atoms with E-state index in [9.17, 15) is 0 Å². The Hall–Kier alpha value is -0.420. The third kappa shape index (κ3) is 3.01. The number of morpholine rings is 1. The topological polar surface area (TPSA) is 32.7 Å². The van der Waals surface area contributed by atoms with Crippen LogP contribution >= 0.6 is 11.3 Å². The lowest BCUT2D eigenvalue weighted by molar-refractivity contribution is -0.0294. The normalized spacial score (nSPS) is 23.1. The van der Waals surface area contributed by atoms with Crippen molar-refractivity contribution in [3.8, 4) is 0 Å². The molecular formula is C11H17NO2S. The minimum absolute atomic E-state index is 0.234. The molecule has 0 spiro atoms. The molecule has 1 aromatic heterocycles. The predicted octanol–water partition coefficient (Wildman–Crippen LogP) is 1.50. The maximum Gasteiger partial charge on any atom is 0.104 e. The van der Waals surface area contributed by atoms with Gasteiger partial charge in [0.2, 0.25) is 0 Å². The summed E-state index contributed by atoms with van der Waals surface area (Å²) in [6.45, 7) is 4.00. The molecule has 84 valence electrons. The predicted molar refractivity (Wildman–Crippen MR) is 61.2 cm³/mol. The lowest BCUT2D eigenvalue weighted by atomic mass is 10.2. The number of nitrogens with zero attached hydrogens (tertiary/aromatic N) is 1. The fourth-order valence-electron chi connectivity index (χ4n) is 1.85. The first-order valence-electron chi connectivity index (χ1n) is 5.38. The second kappa shape index (κ2) is 5.61. The van der Waals surface area contributed by atoms with Gasteiger partial charge in [0.25, 0.3) is 0 Å². The molecule has 0 aliphatic carbocycles. The molecule has 3 nitrogen and oxygen atoms in total. The molecule has 0 radical (unpaired) electrons. The zero-order chi connectivity index (χ0) is 10.5. The van der Waals surface area contributed by atoms with E-state index in [0.29, 0.717) is 0 Å². The lowest BCUT2D eigenvalue weighted by Gasteiger charge is -2.32. The zero-order valence-electron chi connectivity index (χ0n) is 8.76. The van der Waals surface area contributed by atoms with Gasteiger partial charge in [-0.05, 0) is 17.9 Å².